The van der Waals surface area contributed by atoms with Gasteiger partial charge in [-0.3, -0.25) is 0 Å². The molecule has 0 amide bonds. The van der Waals surface area contributed by atoms with E-state index in [1.165, 1.54) is 6.07 Å². The van der Waals surface area contributed by atoms with Crippen LogP contribution in [0.1, 0.15) is 11.1 Å². The lowest BCUT2D eigenvalue weighted by molar-refractivity contribution is -0.138. The molecule has 0 bridgehead atoms. The molecule has 1 aromatic carbocycles. The summed E-state index contributed by atoms with van der Waals surface area (Å²) in [6.07, 6.45) is -4.79. The third-order valence-electron chi connectivity index (χ3n) is 1.74. The molecule has 1 aromatic rings. The minimum absolute atomic E-state index is 0.445. The van der Waals surface area contributed by atoms with Crippen molar-refractivity contribution >= 4 is 35.7 Å². The number of benzene rings is 1. The lowest BCUT2D eigenvalue weighted by Crippen LogP contribution is -2.09. The zero-order chi connectivity index (χ0) is 13.4. The van der Waals surface area contributed by atoms with E-state index < -0.39 is 35.7 Å². The van der Waals surface area contributed by atoms with Crippen LogP contribution in [0.25, 0.3) is 0 Å². The van der Waals surface area contributed by atoms with Crippen LogP contribution in [0.4, 0.5) is 13.2 Å². The minimum Gasteiger partial charge on any atom is -0.207 e. The predicted octanol–water partition coefficient (Wildman–Crippen LogP) is 3.27. The van der Waals surface area contributed by atoms with Gasteiger partial charge in [0.1, 0.15) is 0 Å². The number of nitriles is 1. The fourth-order valence-corrected chi connectivity index (χ4v) is 3.38. The largest absolute Gasteiger partial charge is 0.417 e. The van der Waals surface area contributed by atoms with Crippen LogP contribution >= 0.6 is 26.6 Å². The van der Waals surface area contributed by atoms with Crippen molar-refractivity contribution in [3.63, 3.8) is 0 Å². The Kier molecular flexibility index (Phi) is 3.76. The molecule has 0 heterocycles. The standard InChI is InChI=1S/C8H2BrClF3NO2S/c9-7-5(8(11,12)13)1-4(3-14)2-6(7)17(10,15)16/h1-2H. The van der Waals surface area contributed by atoms with E-state index in [0.29, 0.717) is 6.07 Å². The first-order chi connectivity index (χ1) is 7.57. The van der Waals surface area contributed by atoms with E-state index in [-0.39, 0.29) is 0 Å². The zero-order valence-corrected chi connectivity index (χ0v) is 10.9. The van der Waals surface area contributed by atoms with Gasteiger partial charge in [0.05, 0.1) is 22.1 Å². The summed E-state index contributed by atoms with van der Waals surface area (Å²) >= 11 is 2.52. The average Bonchev–Trinajstić information content (AvgIpc) is 2.14. The lowest BCUT2D eigenvalue weighted by Gasteiger charge is -2.11. The maximum atomic E-state index is 12.6. The van der Waals surface area contributed by atoms with Gasteiger partial charge < -0.3 is 0 Å². The first-order valence-corrected chi connectivity index (χ1v) is 6.93. The summed E-state index contributed by atoms with van der Waals surface area (Å²) in [5, 5.41) is 8.54. The highest BCUT2D eigenvalue weighted by Gasteiger charge is 2.36. The molecule has 0 aliphatic carbocycles. The number of rotatable bonds is 1. The molecule has 1 rings (SSSR count). The summed E-state index contributed by atoms with van der Waals surface area (Å²) in [7, 11) is 0.606. The fraction of sp³-hybridized carbons (Fsp3) is 0.125. The van der Waals surface area contributed by atoms with Gasteiger partial charge in [-0.1, -0.05) is 0 Å². The number of nitrogens with zero attached hydrogens (tertiary/aromatic N) is 1. The van der Waals surface area contributed by atoms with Crippen molar-refractivity contribution in [2.75, 3.05) is 0 Å². The minimum atomic E-state index is -4.79. The van der Waals surface area contributed by atoms with E-state index in [2.05, 4.69) is 15.9 Å². The SMILES string of the molecule is N#Cc1cc(C(F)(F)F)c(Br)c(S(=O)(=O)Cl)c1. The maximum absolute atomic E-state index is 12.6. The maximum Gasteiger partial charge on any atom is 0.417 e. The van der Waals surface area contributed by atoms with Crippen molar-refractivity contribution < 1.29 is 21.6 Å². The molecular weight excluding hydrogens is 347 g/mol. The molecule has 0 saturated carbocycles. The van der Waals surface area contributed by atoms with Crippen LogP contribution in [-0.2, 0) is 15.2 Å². The van der Waals surface area contributed by atoms with Gasteiger partial charge >= 0.3 is 6.18 Å². The van der Waals surface area contributed by atoms with Crippen molar-refractivity contribution in [1.82, 2.24) is 0 Å². The Morgan fingerprint density at radius 3 is 2.24 bits per heavy atom. The summed E-state index contributed by atoms with van der Waals surface area (Å²) in [5.74, 6) is 0. The first kappa shape index (κ1) is 14.3. The van der Waals surface area contributed by atoms with E-state index in [4.69, 9.17) is 15.9 Å². The monoisotopic (exact) mass is 347 g/mol. The molecule has 0 fully saturated rings. The Morgan fingerprint density at radius 1 is 1.35 bits per heavy atom. The molecule has 0 atom stereocenters. The van der Waals surface area contributed by atoms with Crippen molar-refractivity contribution in [2.45, 2.75) is 11.1 Å². The fourth-order valence-electron chi connectivity index (χ4n) is 1.05. The molecule has 0 saturated heterocycles. The average molecular weight is 349 g/mol. The van der Waals surface area contributed by atoms with Gasteiger partial charge in [-0.05, 0) is 28.1 Å². The van der Waals surface area contributed by atoms with Gasteiger partial charge in [0.15, 0.2) is 0 Å². The summed E-state index contributed by atoms with van der Waals surface area (Å²) in [6.45, 7) is 0. The van der Waals surface area contributed by atoms with Gasteiger partial charge in [-0.2, -0.15) is 18.4 Å². The Labute approximate surface area is 107 Å². The highest BCUT2D eigenvalue weighted by molar-refractivity contribution is 9.10. The number of hydrogen-bond acceptors (Lipinski definition) is 3. The smallest absolute Gasteiger partial charge is 0.207 e. The zero-order valence-electron chi connectivity index (χ0n) is 7.72. The Hall–Kier alpha value is -0.780. The van der Waals surface area contributed by atoms with Crippen LogP contribution in [0.15, 0.2) is 21.5 Å². The van der Waals surface area contributed by atoms with Crippen LogP contribution in [0.5, 0.6) is 0 Å². The van der Waals surface area contributed by atoms with Gasteiger partial charge in [-0.15, -0.1) is 0 Å². The Morgan fingerprint density at radius 2 is 1.88 bits per heavy atom. The third kappa shape index (κ3) is 3.12. The molecule has 92 valence electrons. The predicted molar refractivity (Wildman–Crippen MR) is 56.9 cm³/mol. The highest BCUT2D eigenvalue weighted by Crippen LogP contribution is 2.39. The van der Waals surface area contributed by atoms with Crippen molar-refractivity contribution in [3.8, 4) is 6.07 Å². The number of alkyl halides is 3. The molecule has 0 radical (unpaired) electrons. The van der Waals surface area contributed by atoms with E-state index in [1.54, 1.807) is 0 Å². The molecule has 17 heavy (non-hydrogen) atoms. The van der Waals surface area contributed by atoms with E-state index in [0.717, 1.165) is 6.07 Å². The molecule has 9 heteroatoms. The van der Waals surface area contributed by atoms with Crippen LogP contribution in [-0.4, -0.2) is 8.42 Å². The van der Waals surface area contributed by atoms with Crippen LogP contribution < -0.4 is 0 Å². The number of halogens is 5. The van der Waals surface area contributed by atoms with Crippen molar-refractivity contribution in [2.24, 2.45) is 0 Å². The molecule has 0 N–H and O–H groups in total. The first-order valence-electron chi connectivity index (χ1n) is 3.83. The van der Waals surface area contributed by atoms with Crippen molar-refractivity contribution in [3.05, 3.63) is 27.7 Å². The summed E-state index contributed by atoms with van der Waals surface area (Å²) < 4.78 is 59.1. The Bertz CT molecular complexity index is 606. The molecule has 0 spiro atoms. The second kappa shape index (κ2) is 4.48. The van der Waals surface area contributed by atoms with Gasteiger partial charge in [-0.25, -0.2) is 8.42 Å². The quantitative estimate of drug-likeness (QED) is 0.732. The van der Waals surface area contributed by atoms with Crippen LogP contribution in [0.2, 0.25) is 0 Å². The van der Waals surface area contributed by atoms with Gasteiger partial charge in [0, 0.05) is 15.2 Å². The van der Waals surface area contributed by atoms with E-state index >= 15 is 0 Å². The second-order valence-electron chi connectivity index (χ2n) is 2.88. The van der Waals surface area contributed by atoms with Gasteiger partial charge in [0.25, 0.3) is 9.05 Å². The molecule has 0 unspecified atom stereocenters. The summed E-state index contributed by atoms with van der Waals surface area (Å²) in [5.41, 5.74) is -1.71. The number of hydrogen-bond donors (Lipinski definition) is 0. The van der Waals surface area contributed by atoms with Crippen LogP contribution in [0.3, 0.4) is 0 Å². The lowest BCUT2D eigenvalue weighted by atomic mass is 10.1. The van der Waals surface area contributed by atoms with Gasteiger partial charge in [0.2, 0.25) is 0 Å². The summed E-state index contributed by atoms with van der Waals surface area (Å²) in [6, 6.07) is 2.74. The van der Waals surface area contributed by atoms with Crippen molar-refractivity contribution in [1.29, 1.82) is 5.26 Å². The van der Waals surface area contributed by atoms with E-state index in [9.17, 15) is 21.6 Å². The summed E-state index contributed by atoms with van der Waals surface area (Å²) in [4.78, 5) is -0.787. The molecule has 0 aliphatic heterocycles. The third-order valence-corrected chi connectivity index (χ3v) is 4.20. The highest BCUT2D eigenvalue weighted by atomic mass is 79.9. The van der Waals surface area contributed by atoms with Crippen LogP contribution in [0, 0.1) is 11.3 Å². The molecular formula is C8H2BrClF3NO2S. The molecule has 0 aliphatic rings. The topological polar surface area (TPSA) is 57.9 Å². The normalized spacial score (nSPS) is 12.2. The second-order valence-corrected chi connectivity index (χ2v) is 6.21. The molecule has 0 aromatic heterocycles. The molecule has 3 nitrogen and oxygen atoms in total. The van der Waals surface area contributed by atoms with E-state index in [1.807, 2.05) is 0 Å². The Balaban J connectivity index is 3.73.